The summed E-state index contributed by atoms with van der Waals surface area (Å²) in [6.07, 6.45) is 2.51. The van der Waals surface area contributed by atoms with E-state index in [1.807, 2.05) is 6.07 Å². The Bertz CT molecular complexity index is 433. The van der Waals surface area contributed by atoms with E-state index >= 15 is 0 Å². The number of carboxylic acids is 1. The third kappa shape index (κ3) is 2.91. The van der Waals surface area contributed by atoms with E-state index in [0.29, 0.717) is 5.56 Å². The smallest absolute Gasteiger partial charge is 0.335 e. The molecule has 0 bridgehead atoms. The number of halogens is 1. The lowest BCUT2D eigenvalue weighted by atomic mass is 9.99. The summed E-state index contributed by atoms with van der Waals surface area (Å²) in [5.41, 5.74) is 1.53. The van der Waals surface area contributed by atoms with Crippen molar-refractivity contribution in [2.45, 2.75) is 19.8 Å². The standard InChI is InChI=1S/C13H16INO2/c1-9-3-2-6-15(8-9)12-5-4-10(13(16)17)7-11(12)14/h4-5,7,9H,2-3,6,8H2,1H3,(H,16,17)/t9-/m1/s1. The molecule has 1 aliphatic rings. The molecule has 1 aliphatic heterocycles. The Kier molecular flexibility index (Phi) is 3.91. The molecule has 1 N–H and O–H groups in total. The summed E-state index contributed by atoms with van der Waals surface area (Å²) in [6, 6.07) is 5.37. The van der Waals surface area contributed by atoms with Crippen molar-refractivity contribution in [1.82, 2.24) is 0 Å². The first-order chi connectivity index (χ1) is 8.08. The largest absolute Gasteiger partial charge is 0.478 e. The van der Waals surface area contributed by atoms with Gasteiger partial charge in [0, 0.05) is 16.7 Å². The molecule has 1 aromatic rings. The molecule has 92 valence electrons. The van der Waals surface area contributed by atoms with Crippen molar-refractivity contribution in [2.75, 3.05) is 18.0 Å². The van der Waals surface area contributed by atoms with E-state index < -0.39 is 5.97 Å². The van der Waals surface area contributed by atoms with Gasteiger partial charge in [-0.05, 0) is 59.5 Å². The molecule has 0 spiro atoms. The topological polar surface area (TPSA) is 40.5 Å². The second-order valence-corrected chi connectivity index (χ2v) is 5.83. The van der Waals surface area contributed by atoms with Gasteiger partial charge in [0.05, 0.1) is 11.3 Å². The highest BCUT2D eigenvalue weighted by Gasteiger charge is 2.18. The Hall–Kier alpha value is -0.780. The second-order valence-electron chi connectivity index (χ2n) is 4.66. The van der Waals surface area contributed by atoms with Crippen LogP contribution in [0.4, 0.5) is 5.69 Å². The molecule has 1 heterocycles. The summed E-state index contributed by atoms with van der Waals surface area (Å²) in [5.74, 6) is -0.139. The third-order valence-electron chi connectivity index (χ3n) is 3.19. The van der Waals surface area contributed by atoms with Gasteiger partial charge in [0.25, 0.3) is 0 Å². The Morgan fingerprint density at radius 2 is 2.29 bits per heavy atom. The van der Waals surface area contributed by atoms with Gasteiger partial charge in [-0.1, -0.05) is 6.92 Å². The minimum absolute atomic E-state index is 0.364. The minimum atomic E-state index is -0.860. The quantitative estimate of drug-likeness (QED) is 0.837. The Morgan fingerprint density at radius 3 is 2.88 bits per heavy atom. The molecule has 0 unspecified atom stereocenters. The highest BCUT2D eigenvalue weighted by atomic mass is 127. The van der Waals surface area contributed by atoms with Gasteiger partial charge in [-0.25, -0.2) is 4.79 Å². The average molecular weight is 345 g/mol. The number of hydrogen-bond donors (Lipinski definition) is 1. The van der Waals surface area contributed by atoms with Gasteiger partial charge in [-0.15, -0.1) is 0 Å². The lowest BCUT2D eigenvalue weighted by Crippen LogP contribution is -2.34. The van der Waals surface area contributed by atoms with E-state index in [4.69, 9.17) is 5.11 Å². The van der Waals surface area contributed by atoms with E-state index in [-0.39, 0.29) is 0 Å². The van der Waals surface area contributed by atoms with E-state index in [0.717, 1.165) is 22.6 Å². The SMILES string of the molecule is C[C@@H]1CCCN(c2ccc(C(=O)O)cc2I)C1. The fourth-order valence-corrected chi connectivity index (χ4v) is 3.16. The van der Waals surface area contributed by atoms with Gasteiger partial charge in [0.15, 0.2) is 0 Å². The number of aromatic carboxylic acids is 1. The van der Waals surface area contributed by atoms with Crippen LogP contribution in [0.2, 0.25) is 0 Å². The van der Waals surface area contributed by atoms with Gasteiger partial charge < -0.3 is 10.0 Å². The number of rotatable bonds is 2. The molecule has 2 rings (SSSR count). The molecule has 17 heavy (non-hydrogen) atoms. The van der Waals surface area contributed by atoms with Crippen molar-refractivity contribution in [3.63, 3.8) is 0 Å². The minimum Gasteiger partial charge on any atom is -0.478 e. The van der Waals surface area contributed by atoms with Crippen molar-refractivity contribution in [3.8, 4) is 0 Å². The lowest BCUT2D eigenvalue weighted by Gasteiger charge is -2.33. The van der Waals surface area contributed by atoms with Gasteiger partial charge in [-0.2, -0.15) is 0 Å². The fourth-order valence-electron chi connectivity index (χ4n) is 2.30. The third-order valence-corrected chi connectivity index (χ3v) is 4.06. The van der Waals surface area contributed by atoms with Crippen LogP contribution in [0.15, 0.2) is 18.2 Å². The van der Waals surface area contributed by atoms with E-state index in [1.54, 1.807) is 12.1 Å². The number of anilines is 1. The van der Waals surface area contributed by atoms with Crippen LogP contribution >= 0.6 is 22.6 Å². The molecule has 0 amide bonds. The molecule has 1 saturated heterocycles. The van der Waals surface area contributed by atoms with Crippen LogP contribution in [-0.4, -0.2) is 24.2 Å². The number of carbonyl (C=O) groups is 1. The summed E-state index contributed by atoms with van der Waals surface area (Å²) >= 11 is 2.22. The van der Waals surface area contributed by atoms with Crippen molar-refractivity contribution in [2.24, 2.45) is 5.92 Å². The number of piperidine rings is 1. The fraction of sp³-hybridized carbons (Fsp3) is 0.462. The Balaban J connectivity index is 2.23. The van der Waals surface area contributed by atoms with Crippen LogP contribution < -0.4 is 4.90 Å². The molecule has 1 aromatic carbocycles. The molecule has 0 radical (unpaired) electrons. The Morgan fingerprint density at radius 1 is 1.53 bits per heavy atom. The van der Waals surface area contributed by atoms with Crippen LogP contribution in [0, 0.1) is 9.49 Å². The summed E-state index contributed by atoms with van der Waals surface area (Å²) in [6.45, 7) is 4.42. The summed E-state index contributed by atoms with van der Waals surface area (Å²) < 4.78 is 1.02. The van der Waals surface area contributed by atoms with E-state index in [2.05, 4.69) is 34.4 Å². The van der Waals surface area contributed by atoms with Crippen LogP contribution in [0.3, 0.4) is 0 Å². The predicted molar refractivity (Wildman–Crippen MR) is 76.7 cm³/mol. The molecule has 0 aliphatic carbocycles. The summed E-state index contributed by atoms with van der Waals surface area (Å²) in [7, 11) is 0. The summed E-state index contributed by atoms with van der Waals surface area (Å²) in [4.78, 5) is 13.2. The average Bonchev–Trinajstić information content (AvgIpc) is 2.28. The molecule has 0 saturated carbocycles. The van der Waals surface area contributed by atoms with Gasteiger partial charge in [0.1, 0.15) is 0 Å². The molecular weight excluding hydrogens is 329 g/mol. The Labute approximate surface area is 115 Å². The molecule has 0 aromatic heterocycles. The van der Waals surface area contributed by atoms with Gasteiger partial charge >= 0.3 is 5.97 Å². The zero-order chi connectivity index (χ0) is 12.4. The predicted octanol–water partition coefficient (Wildman–Crippen LogP) is 3.23. The van der Waals surface area contributed by atoms with Crippen molar-refractivity contribution in [3.05, 3.63) is 27.3 Å². The molecule has 1 atom stereocenters. The maximum atomic E-state index is 10.9. The van der Waals surface area contributed by atoms with Crippen molar-refractivity contribution in [1.29, 1.82) is 0 Å². The first-order valence-electron chi connectivity index (χ1n) is 5.85. The van der Waals surface area contributed by atoms with Crippen molar-refractivity contribution >= 4 is 34.2 Å². The summed E-state index contributed by atoms with van der Waals surface area (Å²) in [5, 5.41) is 8.94. The number of nitrogens with zero attached hydrogens (tertiary/aromatic N) is 1. The first kappa shape index (κ1) is 12.7. The van der Waals surface area contributed by atoms with Crippen molar-refractivity contribution < 1.29 is 9.90 Å². The lowest BCUT2D eigenvalue weighted by molar-refractivity contribution is 0.0697. The molecule has 3 nitrogen and oxygen atoms in total. The maximum absolute atomic E-state index is 10.9. The second kappa shape index (κ2) is 5.25. The maximum Gasteiger partial charge on any atom is 0.335 e. The number of benzene rings is 1. The van der Waals surface area contributed by atoms with Crippen LogP contribution in [-0.2, 0) is 0 Å². The van der Waals surface area contributed by atoms with E-state index in [9.17, 15) is 4.79 Å². The van der Waals surface area contributed by atoms with Gasteiger partial charge in [-0.3, -0.25) is 0 Å². The molecule has 1 fully saturated rings. The monoisotopic (exact) mass is 345 g/mol. The number of carboxylic acid groups (broad SMARTS) is 1. The first-order valence-corrected chi connectivity index (χ1v) is 6.93. The van der Waals surface area contributed by atoms with E-state index in [1.165, 1.54) is 18.5 Å². The van der Waals surface area contributed by atoms with Crippen LogP contribution in [0.1, 0.15) is 30.1 Å². The van der Waals surface area contributed by atoms with Crippen LogP contribution in [0.5, 0.6) is 0 Å². The zero-order valence-electron chi connectivity index (χ0n) is 9.82. The molecular formula is C13H16INO2. The normalized spacial score (nSPS) is 20.4. The number of hydrogen-bond acceptors (Lipinski definition) is 2. The highest BCUT2D eigenvalue weighted by molar-refractivity contribution is 14.1. The molecule has 4 heteroatoms. The van der Waals surface area contributed by atoms with Gasteiger partial charge in [0.2, 0.25) is 0 Å². The zero-order valence-corrected chi connectivity index (χ0v) is 12.0. The van der Waals surface area contributed by atoms with Crippen LogP contribution in [0.25, 0.3) is 0 Å². The highest BCUT2D eigenvalue weighted by Crippen LogP contribution is 2.28.